The van der Waals surface area contributed by atoms with Crippen molar-refractivity contribution in [1.82, 2.24) is 9.47 Å². The number of hydrogen-bond donors (Lipinski definition) is 0. The summed E-state index contributed by atoms with van der Waals surface area (Å²) in [4.78, 5) is 26.6. The van der Waals surface area contributed by atoms with Gasteiger partial charge in [0.2, 0.25) is 0 Å². The van der Waals surface area contributed by atoms with Gasteiger partial charge in [-0.15, -0.1) is 0 Å². The van der Waals surface area contributed by atoms with Crippen LogP contribution in [0.25, 0.3) is 21.8 Å². The summed E-state index contributed by atoms with van der Waals surface area (Å²) in [5, 5.41) is 11.6. The molecule has 1 aliphatic heterocycles. The molecule has 6 nitrogen and oxygen atoms in total. The number of ether oxygens (including phenoxy) is 1. The van der Waals surface area contributed by atoms with E-state index in [2.05, 4.69) is 25.7 Å². The Kier molecular flexibility index (Phi) is 4.80. The number of imide groups is 1. The van der Waals surface area contributed by atoms with E-state index in [1.807, 2.05) is 35.8 Å². The molecule has 0 unspecified atom stereocenters. The maximum absolute atomic E-state index is 12.8. The number of para-hydroxylation sites is 1. The Morgan fingerprint density at radius 3 is 2.43 bits per heavy atom. The first-order valence-electron chi connectivity index (χ1n) is 10.0. The highest BCUT2D eigenvalue weighted by molar-refractivity contribution is 6.76. The molecule has 0 fully saturated rings. The average Bonchev–Trinajstić information content (AvgIpc) is 3.14. The van der Waals surface area contributed by atoms with Crippen LogP contribution in [0.4, 0.5) is 0 Å². The van der Waals surface area contributed by atoms with Gasteiger partial charge in [0.1, 0.15) is 12.8 Å². The average molecular weight is 420 g/mol. The second-order valence-electron chi connectivity index (χ2n) is 9.05. The highest BCUT2D eigenvalue weighted by atomic mass is 28.3. The molecule has 2 amide bonds. The monoisotopic (exact) mass is 419 g/mol. The Balaban J connectivity index is 1.98. The standard InChI is InChI=1S/C23H25N3O3Si/c1-14-18-20(23(28)25(2)22(18)27)16(12-24)19-15-8-6-7-9-17(15)26(21(14)19)13-29-10-11-30(3,4)5/h6-9H,10-11,13H2,1-5H3. The number of aryl methyl sites for hydroxylation is 1. The van der Waals surface area contributed by atoms with E-state index in [1.165, 1.54) is 7.05 Å². The number of rotatable bonds is 5. The summed E-state index contributed by atoms with van der Waals surface area (Å²) >= 11 is 0. The van der Waals surface area contributed by atoms with Crippen molar-refractivity contribution < 1.29 is 14.3 Å². The molecule has 30 heavy (non-hydrogen) atoms. The third-order valence-corrected chi connectivity index (χ3v) is 7.52. The maximum atomic E-state index is 12.8. The largest absolute Gasteiger partial charge is 0.361 e. The van der Waals surface area contributed by atoms with Gasteiger partial charge in [-0.25, -0.2) is 0 Å². The van der Waals surface area contributed by atoms with Gasteiger partial charge in [0.05, 0.1) is 27.7 Å². The molecule has 0 saturated heterocycles. The van der Waals surface area contributed by atoms with Crippen LogP contribution in [0.5, 0.6) is 0 Å². The Bertz CT molecular complexity index is 1260. The fraction of sp³-hybridized carbons (Fsp3) is 0.348. The van der Waals surface area contributed by atoms with Gasteiger partial charge in [-0.1, -0.05) is 37.8 Å². The van der Waals surface area contributed by atoms with Gasteiger partial charge in [0.25, 0.3) is 11.8 Å². The fourth-order valence-corrected chi connectivity index (χ4v) is 4.95. The lowest BCUT2D eigenvalue weighted by Crippen LogP contribution is -2.24. The van der Waals surface area contributed by atoms with Crippen LogP contribution in [0.3, 0.4) is 0 Å². The Labute approximate surface area is 176 Å². The van der Waals surface area contributed by atoms with Crippen molar-refractivity contribution in [3.05, 3.63) is 46.5 Å². The van der Waals surface area contributed by atoms with Gasteiger partial charge in [-0.05, 0) is 24.6 Å². The molecule has 1 aliphatic rings. The highest BCUT2D eigenvalue weighted by Crippen LogP contribution is 2.40. The summed E-state index contributed by atoms with van der Waals surface area (Å²) in [5.41, 5.74) is 3.25. The van der Waals surface area contributed by atoms with Gasteiger partial charge in [-0.3, -0.25) is 14.5 Å². The SMILES string of the molecule is Cc1c2c(c(C#N)c3c4ccccc4n(COCC[Si](C)(C)C)c13)C(=O)N(C)C2=O. The topological polar surface area (TPSA) is 75.3 Å². The van der Waals surface area contributed by atoms with Crippen molar-refractivity contribution in [3.63, 3.8) is 0 Å². The fourth-order valence-electron chi connectivity index (χ4n) is 4.19. The van der Waals surface area contributed by atoms with E-state index in [4.69, 9.17) is 4.74 Å². The summed E-state index contributed by atoms with van der Waals surface area (Å²) in [6.07, 6.45) is 0. The molecule has 0 radical (unpaired) electrons. The number of nitrogens with zero attached hydrogens (tertiary/aromatic N) is 3. The molecule has 7 heteroatoms. The molecular weight excluding hydrogens is 394 g/mol. The first-order valence-corrected chi connectivity index (χ1v) is 13.8. The zero-order chi connectivity index (χ0) is 21.8. The lowest BCUT2D eigenvalue weighted by molar-refractivity contribution is 0.0692. The van der Waals surface area contributed by atoms with Crippen molar-refractivity contribution >= 4 is 41.7 Å². The van der Waals surface area contributed by atoms with Crippen molar-refractivity contribution in [2.24, 2.45) is 0 Å². The molecule has 0 N–H and O–H groups in total. The number of hydrogen-bond acceptors (Lipinski definition) is 4. The molecule has 2 aromatic carbocycles. The molecule has 0 bridgehead atoms. The first kappa shape index (κ1) is 20.3. The number of nitriles is 1. The van der Waals surface area contributed by atoms with E-state index < -0.39 is 14.0 Å². The van der Waals surface area contributed by atoms with Crippen LogP contribution in [-0.2, 0) is 11.5 Å². The van der Waals surface area contributed by atoms with Crippen molar-refractivity contribution in [1.29, 1.82) is 5.26 Å². The van der Waals surface area contributed by atoms with Gasteiger partial charge >= 0.3 is 0 Å². The van der Waals surface area contributed by atoms with Gasteiger partial charge in [-0.2, -0.15) is 5.26 Å². The molecule has 2 heterocycles. The van der Waals surface area contributed by atoms with Crippen molar-refractivity contribution in [2.75, 3.05) is 13.7 Å². The zero-order valence-electron chi connectivity index (χ0n) is 18.0. The van der Waals surface area contributed by atoms with Gasteiger partial charge in [0.15, 0.2) is 0 Å². The van der Waals surface area contributed by atoms with Gasteiger partial charge in [0, 0.05) is 32.5 Å². The quantitative estimate of drug-likeness (QED) is 0.346. The molecule has 0 atom stereocenters. The van der Waals surface area contributed by atoms with Crippen LogP contribution >= 0.6 is 0 Å². The predicted octanol–water partition coefficient (Wildman–Crippen LogP) is 4.51. The number of fused-ring (bicyclic) bond motifs is 4. The van der Waals surface area contributed by atoms with E-state index in [-0.39, 0.29) is 17.0 Å². The van der Waals surface area contributed by atoms with E-state index in [0.29, 0.717) is 24.5 Å². The van der Waals surface area contributed by atoms with Crippen LogP contribution in [0, 0.1) is 18.3 Å². The second kappa shape index (κ2) is 7.08. The summed E-state index contributed by atoms with van der Waals surface area (Å²) in [6.45, 7) is 9.77. The Hall–Kier alpha value is -2.95. The molecule has 0 spiro atoms. The lowest BCUT2D eigenvalue weighted by atomic mass is 9.93. The smallest absolute Gasteiger partial charge is 0.262 e. The summed E-state index contributed by atoms with van der Waals surface area (Å²) in [6, 6.07) is 11.1. The van der Waals surface area contributed by atoms with Crippen LogP contribution in [0.1, 0.15) is 31.8 Å². The third kappa shape index (κ3) is 2.95. The summed E-state index contributed by atoms with van der Waals surface area (Å²) in [7, 11) is 0.244. The summed E-state index contributed by atoms with van der Waals surface area (Å²) < 4.78 is 8.07. The molecule has 4 rings (SSSR count). The first-order chi connectivity index (χ1) is 14.2. The maximum Gasteiger partial charge on any atom is 0.262 e. The number of carbonyl (C=O) groups excluding carboxylic acids is 2. The van der Waals surface area contributed by atoms with E-state index in [1.54, 1.807) is 0 Å². The third-order valence-electron chi connectivity index (χ3n) is 5.82. The zero-order valence-corrected chi connectivity index (χ0v) is 19.0. The molecule has 154 valence electrons. The number of aromatic nitrogens is 1. The Morgan fingerprint density at radius 1 is 1.10 bits per heavy atom. The number of carbonyl (C=O) groups is 2. The minimum Gasteiger partial charge on any atom is -0.361 e. The molecule has 0 saturated carbocycles. The van der Waals surface area contributed by atoms with E-state index in [0.717, 1.165) is 32.7 Å². The number of amides is 2. The predicted molar refractivity (Wildman–Crippen MR) is 119 cm³/mol. The lowest BCUT2D eigenvalue weighted by Gasteiger charge is -2.17. The number of benzene rings is 2. The normalized spacial score (nSPS) is 14.1. The van der Waals surface area contributed by atoms with Crippen LogP contribution in [0.15, 0.2) is 24.3 Å². The van der Waals surface area contributed by atoms with E-state index >= 15 is 0 Å². The van der Waals surface area contributed by atoms with Crippen molar-refractivity contribution in [2.45, 2.75) is 39.3 Å². The molecule has 0 aliphatic carbocycles. The molecule has 1 aromatic heterocycles. The van der Waals surface area contributed by atoms with Crippen LogP contribution < -0.4 is 0 Å². The van der Waals surface area contributed by atoms with Crippen LogP contribution in [-0.4, -0.2) is 43.0 Å². The van der Waals surface area contributed by atoms with Crippen LogP contribution in [0.2, 0.25) is 25.7 Å². The molecular formula is C23H25N3O3Si. The van der Waals surface area contributed by atoms with E-state index in [9.17, 15) is 14.9 Å². The Morgan fingerprint density at radius 2 is 1.77 bits per heavy atom. The summed E-state index contributed by atoms with van der Waals surface area (Å²) in [5.74, 6) is -0.776. The minimum absolute atomic E-state index is 0.220. The van der Waals surface area contributed by atoms with Crippen molar-refractivity contribution in [3.8, 4) is 6.07 Å². The van der Waals surface area contributed by atoms with Gasteiger partial charge < -0.3 is 9.30 Å². The highest BCUT2D eigenvalue weighted by Gasteiger charge is 2.39. The second-order valence-corrected chi connectivity index (χ2v) is 14.7. The minimum atomic E-state index is -1.22. The molecule has 3 aromatic rings.